The molecule has 3 N–H and O–H groups in total. The normalized spacial score (nSPS) is 10.6. The average molecular weight is 402 g/mol. The van der Waals surface area contributed by atoms with Crippen LogP contribution in [0, 0.1) is 6.92 Å². The summed E-state index contributed by atoms with van der Waals surface area (Å²) in [7, 11) is 0. The van der Waals surface area contributed by atoms with E-state index in [0.29, 0.717) is 15.6 Å². The molecule has 0 aliphatic carbocycles. The maximum atomic E-state index is 12.4. The Labute approximate surface area is 131 Å². The van der Waals surface area contributed by atoms with Crippen LogP contribution in [0.25, 0.3) is 0 Å². The topological polar surface area (TPSA) is 77.8 Å². The number of phenolic OH excluding ortho intramolecular Hbond substituents is 3. The number of aromatic hydroxyl groups is 3. The van der Waals surface area contributed by atoms with Crippen LogP contribution < -0.4 is 0 Å². The number of carbonyl (C=O) groups is 1. The predicted molar refractivity (Wildman–Crippen MR) is 81.4 cm³/mol. The first-order chi connectivity index (χ1) is 9.31. The molecule has 0 heterocycles. The van der Waals surface area contributed by atoms with Crippen molar-refractivity contribution in [1.29, 1.82) is 0 Å². The van der Waals surface area contributed by atoms with E-state index in [-0.39, 0.29) is 33.1 Å². The fourth-order valence-corrected chi connectivity index (χ4v) is 2.76. The van der Waals surface area contributed by atoms with Gasteiger partial charge in [0.2, 0.25) is 0 Å². The quantitative estimate of drug-likeness (QED) is 0.527. The van der Waals surface area contributed by atoms with E-state index < -0.39 is 0 Å². The molecule has 104 valence electrons. The average Bonchev–Trinajstić information content (AvgIpc) is 2.40. The first-order valence-electron chi connectivity index (χ1n) is 5.56. The van der Waals surface area contributed by atoms with Crippen molar-refractivity contribution in [3.8, 4) is 17.2 Å². The maximum absolute atomic E-state index is 12.4. The molecule has 2 rings (SSSR count). The Morgan fingerprint density at radius 1 is 0.900 bits per heavy atom. The number of rotatable bonds is 2. The molecule has 0 saturated carbocycles. The molecule has 2 aromatic rings. The van der Waals surface area contributed by atoms with Crippen LogP contribution in [0.1, 0.15) is 21.5 Å². The highest BCUT2D eigenvalue weighted by molar-refractivity contribution is 9.10. The number of benzene rings is 2. The van der Waals surface area contributed by atoms with E-state index in [1.807, 2.05) is 0 Å². The van der Waals surface area contributed by atoms with Gasteiger partial charge in [0.25, 0.3) is 0 Å². The van der Waals surface area contributed by atoms with Gasteiger partial charge in [-0.2, -0.15) is 0 Å². The van der Waals surface area contributed by atoms with Gasteiger partial charge in [-0.1, -0.05) is 0 Å². The molecule has 0 aliphatic rings. The zero-order chi connectivity index (χ0) is 15.0. The Morgan fingerprint density at radius 3 is 1.90 bits per heavy atom. The molecule has 4 nitrogen and oxygen atoms in total. The van der Waals surface area contributed by atoms with E-state index >= 15 is 0 Å². The summed E-state index contributed by atoms with van der Waals surface area (Å²) in [5, 5.41) is 28.7. The van der Waals surface area contributed by atoms with Crippen LogP contribution in [0.15, 0.2) is 33.2 Å². The number of halogens is 2. The Morgan fingerprint density at radius 2 is 1.40 bits per heavy atom. The monoisotopic (exact) mass is 400 g/mol. The lowest BCUT2D eigenvalue weighted by atomic mass is 10.0. The summed E-state index contributed by atoms with van der Waals surface area (Å²) in [6, 6.07) is 5.68. The Bertz CT molecular complexity index is 605. The van der Waals surface area contributed by atoms with E-state index in [0.717, 1.165) is 0 Å². The van der Waals surface area contributed by atoms with Crippen molar-refractivity contribution in [3.63, 3.8) is 0 Å². The summed E-state index contributed by atoms with van der Waals surface area (Å²) >= 11 is 6.24. The number of ketones is 1. The van der Waals surface area contributed by atoms with Crippen LogP contribution in [0.2, 0.25) is 0 Å². The highest BCUT2D eigenvalue weighted by Crippen LogP contribution is 2.36. The predicted octanol–water partition coefficient (Wildman–Crippen LogP) is 3.87. The van der Waals surface area contributed by atoms with Crippen LogP contribution >= 0.6 is 31.9 Å². The summed E-state index contributed by atoms with van der Waals surface area (Å²) in [6.07, 6.45) is 0. The largest absolute Gasteiger partial charge is 0.506 e. The fraction of sp³-hybridized carbons (Fsp3) is 0.0714. The van der Waals surface area contributed by atoms with Crippen LogP contribution in [0.3, 0.4) is 0 Å². The minimum atomic E-state index is -0.378. The lowest BCUT2D eigenvalue weighted by molar-refractivity contribution is 0.103. The summed E-state index contributed by atoms with van der Waals surface area (Å²) in [4.78, 5) is 12.4. The lowest BCUT2D eigenvalue weighted by Crippen LogP contribution is -2.02. The van der Waals surface area contributed by atoms with Gasteiger partial charge in [-0.15, -0.1) is 0 Å². The third kappa shape index (κ3) is 2.66. The third-order valence-corrected chi connectivity index (χ3v) is 4.03. The molecule has 0 saturated heterocycles. The van der Waals surface area contributed by atoms with Gasteiger partial charge in [-0.25, -0.2) is 0 Å². The standard InChI is InChI=1S/C14H10Br2O4/c1-6-2-7(3-9(15)12(6)18)13(19)8-4-10(16)14(20)11(17)5-8/h2-5,17-18,20H,1H3. The molecule has 2 aromatic carbocycles. The molecule has 0 fully saturated rings. The van der Waals surface area contributed by atoms with E-state index in [2.05, 4.69) is 31.9 Å². The summed E-state index contributed by atoms with van der Waals surface area (Å²) < 4.78 is 0.651. The zero-order valence-electron chi connectivity index (χ0n) is 10.3. The molecule has 0 aliphatic heterocycles. The molecule has 0 aromatic heterocycles. The Hall–Kier alpha value is -1.53. The Kier molecular flexibility index (Phi) is 4.06. The molecule has 0 atom stereocenters. The van der Waals surface area contributed by atoms with Crippen molar-refractivity contribution in [1.82, 2.24) is 0 Å². The van der Waals surface area contributed by atoms with Crippen LogP contribution in [0.4, 0.5) is 0 Å². The SMILES string of the molecule is Cc1cc(C(=O)c2cc(O)c(O)c(Br)c2)cc(Br)c1O. The summed E-state index contributed by atoms with van der Waals surface area (Å²) in [6.45, 7) is 1.68. The van der Waals surface area contributed by atoms with Crippen LogP contribution in [-0.4, -0.2) is 21.1 Å². The second-order valence-electron chi connectivity index (χ2n) is 4.28. The molecule has 0 radical (unpaired) electrons. The number of hydrogen-bond donors (Lipinski definition) is 3. The van der Waals surface area contributed by atoms with Crippen molar-refractivity contribution in [2.45, 2.75) is 6.92 Å². The van der Waals surface area contributed by atoms with Crippen LogP contribution in [-0.2, 0) is 0 Å². The van der Waals surface area contributed by atoms with Gasteiger partial charge in [0.05, 0.1) is 8.95 Å². The Balaban J connectivity index is 2.52. The third-order valence-electron chi connectivity index (χ3n) is 2.82. The number of aryl methyl sites for hydroxylation is 1. The molecule has 0 bridgehead atoms. The number of hydrogen-bond acceptors (Lipinski definition) is 4. The van der Waals surface area contributed by atoms with E-state index in [1.165, 1.54) is 18.2 Å². The molecule has 0 spiro atoms. The number of carbonyl (C=O) groups excluding carboxylic acids is 1. The molecule has 20 heavy (non-hydrogen) atoms. The van der Waals surface area contributed by atoms with Gasteiger partial charge in [0, 0.05) is 11.1 Å². The second kappa shape index (κ2) is 5.46. The molecule has 6 heteroatoms. The van der Waals surface area contributed by atoms with Gasteiger partial charge >= 0.3 is 0 Å². The first kappa shape index (κ1) is 14.9. The van der Waals surface area contributed by atoms with Gasteiger partial charge < -0.3 is 15.3 Å². The maximum Gasteiger partial charge on any atom is 0.193 e. The zero-order valence-corrected chi connectivity index (χ0v) is 13.5. The summed E-state index contributed by atoms with van der Waals surface area (Å²) in [5.41, 5.74) is 1.15. The van der Waals surface area contributed by atoms with E-state index in [9.17, 15) is 20.1 Å². The minimum Gasteiger partial charge on any atom is -0.506 e. The first-order valence-corrected chi connectivity index (χ1v) is 7.15. The highest BCUT2D eigenvalue weighted by atomic mass is 79.9. The summed E-state index contributed by atoms with van der Waals surface area (Å²) in [5.74, 6) is -0.942. The van der Waals surface area contributed by atoms with E-state index in [4.69, 9.17) is 0 Å². The van der Waals surface area contributed by atoms with Gasteiger partial charge in [0.1, 0.15) is 5.75 Å². The molecular formula is C14H10Br2O4. The second-order valence-corrected chi connectivity index (χ2v) is 5.99. The number of phenols is 3. The van der Waals surface area contributed by atoms with Gasteiger partial charge in [0.15, 0.2) is 17.3 Å². The van der Waals surface area contributed by atoms with Crippen molar-refractivity contribution < 1.29 is 20.1 Å². The lowest BCUT2D eigenvalue weighted by Gasteiger charge is -2.08. The smallest absolute Gasteiger partial charge is 0.193 e. The fourth-order valence-electron chi connectivity index (χ4n) is 1.75. The van der Waals surface area contributed by atoms with E-state index in [1.54, 1.807) is 13.0 Å². The van der Waals surface area contributed by atoms with Crippen molar-refractivity contribution >= 4 is 37.6 Å². The van der Waals surface area contributed by atoms with Gasteiger partial charge in [-0.05, 0) is 68.6 Å². The minimum absolute atomic E-state index is 0.0799. The highest BCUT2D eigenvalue weighted by Gasteiger charge is 2.16. The van der Waals surface area contributed by atoms with Crippen molar-refractivity contribution in [2.24, 2.45) is 0 Å². The molecular weight excluding hydrogens is 392 g/mol. The van der Waals surface area contributed by atoms with Crippen molar-refractivity contribution in [2.75, 3.05) is 0 Å². The van der Waals surface area contributed by atoms with Crippen LogP contribution in [0.5, 0.6) is 17.2 Å². The molecule has 0 amide bonds. The molecule has 0 unspecified atom stereocenters. The van der Waals surface area contributed by atoms with Crippen molar-refractivity contribution in [3.05, 3.63) is 49.9 Å². The van der Waals surface area contributed by atoms with Gasteiger partial charge in [-0.3, -0.25) is 4.79 Å².